The van der Waals surface area contributed by atoms with E-state index in [1.54, 1.807) is 0 Å². The number of amides is 2. The maximum absolute atomic E-state index is 12.1. The molecule has 32 heavy (non-hydrogen) atoms. The highest BCUT2D eigenvalue weighted by molar-refractivity contribution is 5.89. The normalized spacial score (nSPS) is 10.6. The summed E-state index contributed by atoms with van der Waals surface area (Å²) >= 11 is 0. The molecule has 0 aliphatic carbocycles. The zero-order valence-electron chi connectivity index (χ0n) is 17.5. The molecule has 0 aromatic heterocycles. The van der Waals surface area contributed by atoms with Crippen LogP contribution in [0.1, 0.15) is 0 Å². The molecule has 0 fully saturated rings. The maximum atomic E-state index is 12.1. The first-order chi connectivity index (χ1) is 15.7. The molecule has 0 spiro atoms. The molecule has 4 rings (SSSR count). The third-order valence-electron chi connectivity index (χ3n) is 4.99. The van der Waals surface area contributed by atoms with Gasteiger partial charge in [0.05, 0.1) is 0 Å². The second kappa shape index (κ2) is 10.3. The van der Waals surface area contributed by atoms with Gasteiger partial charge in [-0.05, 0) is 22.9 Å². The van der Waals surface area contributed by atoms with Gasteiger partial charge in [0.15, 0.2) is 13.2 Å². The van der Waals surface area contributed by atoms with Gasteiger partial charge in [0.1, 0.15) is 11.5 Å². The molecule has 0 radical (unpaired) electrons. The van der Waals surface area contributed by atoms with Gasteiger partial charge in [0.25, 0.3) is 11.8 Å². The lowest BCUT2D eigenvalue weighted by atomic mass is 10.1. The van der Waals surface area contributed by atoms with Gasteiger partial charge in [0.2, 0.25) is 0 Å². The summed E-state index contributed by atoms with van der Waals surface area (Å²) in [5, 5.41) is 9.50. The van der Waals surface area contributed by atoms with Crippen LogP contribution in [0.2, 0.25) is 0 Å². The molecule has 0 atom stereocenters. The van der Waals surface area contributed by atoms with Crippen molar-refractivity contribution in [2.24, 2.45) is 0 Å². The number of ether oxygens (including phenoxy) is 2. The first-order valence-electron chi connectivity index (χ1n) is 10.5. The predicted molar refractivity (Wildman–Crippen MR) is 125 cm³/mol. The molecular formula is C26H24N2O4. The highest BCUT2D eigenvalue weighted by Crippen LogP contribution is 2.25. The van der Waals surface area contributed by atoms with E-state index in [2.05, 4.69) is 10.6 Å². The molecule has 6 nitrogen and oxygen atoms in total. The first kappa shape index (κ1) is 21.2. The van der Waals surface area contributed by atoms with Crippen molar-refractivity contribution in [1.29, 1.82) is 0 Å². The minimum atomic E-state index is -0.251. The molecule has 0 bridgehead atoms. The van der Waals surface area contributed by atoms with E-state index in [0.29, 0.717) is 24.6 Å². The predicted octanol–water partition coefficient (Wildman–Crippen LogP) is 3.68. The van der Waals surface area contributed by atoms with Crippen molar-refractivity contribution in [2.75, 3.05) is 26.3 Å². The van der Waals surface area contributed by atoms with E-state index in [1.165, 1.54) is 0 Å². The zero-order chi connectivity index (χ0) is 22.2. The minimum absolute atomic E-state index is 0.0911. The number of hydrogen-bond donors (Lipinski definition) is 2. The van der Waals surface area contributed by atoms with Crippen molar-refractivity contribution < 1.29 is 19.1 Å². The van der Waals surface area contributed by atoms with Crippen molar-refractivity contribution >= 4 is 33.4 Å². The molecule has 0 saturated carbocycles. The molecule has 2 amide bonds. The smallest absolute Gasteiger partial charge is 0.258 e. The molecular weight excluding hydrogens is 404 g/mol. The van der Waals surface area contributed by atoms with Crippen molar-refractivity contribution in [3.63, 3.8) is 0 Å². The summed E-state index contributed by atoms with van der Waals surface area (Å²) in [6.45, 7) is 0.424. The Labute approximate surface area is 186 Å². The number of carbonyl (C=O) groups excluding carboxylic acids is 2. The van der Waals surface area contributed by atoms with Gasteiger partial charge in [-0.25, -0.2) is 0 Å². The van der Waals surface area contributed by atoms with Crippen LogP contribution in [0.4, 0.5) is 0 Å². The molecule has 0 heterocycles. The quantitative estimate of drug-likeness (QED) is 0.399. The first-order valence-corrected chi connectivity index (χ1v) is 10.5. The number of hydrogen-bond acceptors (Lipinski definition) is 4. The fraction of sp³-hybridized carbons (Fsp3) is 0.154. The average molecular weight is 428 g/mol. The molecule has 4 aromatic rings. The monoisotopic (exact) mass is 428 g/mol. The molecule has 4 aromatic carbocycles. The Morgan fingerprint density at radius 2 is 0.969 bits per heavy atom. The number of nitrogens with one attached hydrogen (secondary N) is 2. The summed E-state index contributed by atoms with van der Waals surface area (Å²) in [6.07, 6.45) is 0. The Bertz CT molecular complexity index is 1130. The lowest BCUT2D eigenvalue weighted by molar-refractivity contribution is -0.124. The van der Waals surface area contributed by atoms with Crippen LogP contribution in [0.25, 0.3) is 21.5 Å². The third kappa shape index (κ3) is 5.35. The Morgan fingerprint density at radius 1 is 0.562 bits per heavy atom. The van der Waals surface area contributed by atoms with Gasteiger partial charge >= 0.3 is 0 Å². The van der Waals surface area contributed by atoms with E-state index < -0.39 is 0 Å². The van der Waals surface area contributed by atoms with E-state index in [0.717, 1.165) is 21.5 Å². The Morgan fingerprint density at radius 3 is 1.44 bits per heavy atom. The van der Waals surface area contributed by atoms with E-state index in [-0.39, 0.29) is 25.0 Å². The van der Waals surface area contributed by atoms with E-state index in [9.17, 15) is 9.59 Å². The third-order valence-corrected chi connectivity index (χ3v) is 4.99. The van der Waals surface area contributed by atoms with Crippen LogP contribution < -0.4 is 20.1 Å². The Hall–Kier alpha value is -4.06. The minimum Gasteiger partial charge on any atom is -0.483 e. The second-order valence-corrected chi connectivity index (χ2v) is 7.23. The second-order valence-electron chi connectivity index (χ2n) is 7.23. The summed E-state index contributed by atoms with van der Waals surface area (Å²) in [5.41, 5.74) is 0. The summed E-state index contributed by atoms with van der Waals surface area (Å²) < 4.78 is 11.3. The topological polar surface area (TPSA) is 76.7 Å². The molecule has 0 aliphatic heterocycles. The van der Waals surface area contributed by atoms with Crippen LogP contribution in [0.3, 0.4) is 0 Å². The maximum Gasteiger partial charge on any atom is 0.258 e. The van der Waals surface area contributed by atoms with Crippen molar-refractivity contribution in [3.05, 3.63) is 84.9 Å². The molecule has 0 unspecified atom stereocenters. The highest BCUT2D eigenvalue weighted by atomic mass is 16.5. The fourth-order valence-corrected chi connectivity index (χ4v) is 3.44. The van der Waals surface area contributed by atoms with Crippen LogP contribution in [-0.4, -0.2) is 38.1 Å². The number of fused-ring (bicyclic) bond motifs is 2. The lowest BCUT2D eigenvalue weighted by Crippen LogP contribution is -2.38. The summed E-state index contributed by atoms with van der Waals surface area (Å²) in [5.74, 6) is 0.827. The van der Waals surface area contributed by atoms with E-state index in [1.807, 2.05) is 84.9 Å². The molecule has 162 valence electrons. The van der Waals surface area contributed by atoms with Crippen molar-refractivity contribution in [3.8, 4) is 11.5 Å². The lowest BCUT2D eigenvalue weighted by Gasteiger charge is -2.11. The van der Waals surface area contributed by atoms with Gasteiger partial charge in [-0.15, -0.1) is 0 Å². The van der Waals surface area contributed by atoms with Crippen LogP contribution in [0.15, 0.2) is 84.9 Å². The van der Waals surface area contributed by atoms with Gasteiger partial charge in [-0.3, -0.25) is 9.59 Å². The van der Waals surface area contributed by atoms with Gasteiger partial charge in [-0.2, -0.15) is 0 Å². The summed E-state index contributed by atoms with van der Waals surface area (Å²) in [7, 11) is 0. The highest BCUT2D eigenvalue weighted by Gasteiger charge is 2.07. The molecule has 0 saturated heterocycles. The zero-order valence-corrected chi connectivity index (χ0v) is 17.5. The van der Waals surface area contributed by atoms with Crippen LogP contribution in [-0.2, 0) is 9.59 Å². The SMILES string of the molecule is O=C(COc1cccc2ccccc12)NCCNC(=O)COc1cccc2ccccc12. The van der Waals surface area contributed by atoms with E-state index >= 15 is 0 Å². The number of carbonyl (C=O) groups is 2. The van der Waals surface area contributed by atoms with Gasteiger partial charge in [0, 0.05) is 23.9 Å². The summed E-state index contributed by atoms with van der Waals surface area (Å²) in [6, 6.07) is 27.1. The summed E-state index contributed by atoms with van der Waals surface area (Å²) in [4.78, 5) is 24.1. The van der Waals surface area contributed by atoms with Crippen molar-refractivity contribution in [2.45, 2.75) is 0 Å². The van der Waals surface area contributed by atoms with Crippen LogP contribution in [0, 0.1) is 0 Å². The van der Waals surface area contributed by atoms with Crippen molar-refractivity contribution in [1.82, 2.24) is 10.6 Å². The van der Waals surface area contributed by atoms with Gasteiger partial charge < -0.3 is 20.1 Å². The molecule has 0 aliphatic rings. The van der Waals surface area contributed by atoms with Gasteiger partial charge in [-0.1, -0.05) is 72.8 Å². The fourth-order valence-electron chi connectivity index (χ4n) is 3.44. The molecule has 6 heteroatoms. The number of rotatable bonds is 9. The Balaban J connectivity index is 1.16. The van der Waals surface area contributed by atoms with E-state index in [4.69, 9.17) is 9.47 Å². The Kier molecular flexibility index (Phi) is 6.82. The van der Waals surface area contributed by atoms with Crippen LogP contribution >= 0.6 is 0 Å². The average Bonchev–Trinajstić information content (AvgIpc) is 2.84. The largest absolute Gasteiger partial charge is 0.483 e. The number of benzene rings is 4. The van der Waals surface area contributed by atoms with Crippen LogP contribution in [0.5, 0.6) is 11.5 Å². The molecule has 2 N–H and O–H groups in total. The standard InChI is InChI=1S/C26H24N2O4/c29-25(17-31-23-13-5-9-19-7-1-3-11-21(19)23)27-15-16-28-26(30)18-32-24-14-6-10-20-8-2-4-12-22(20)24/h1-14H,15-18H2,(H,27,29)(H,28,30).